The molecule has 0 heterocycles. The van der Waals surface area contributed by atoms with Crippen molar-refractivity contribution in [2.75, 3.05) is 0 Å². The molecular formula is C25H28N2O2S. The minimum Gasteiger partial charge on any atom is -0.302 e. The third-order valence-electron chi connectivity index (χ3n) is 5.92. The summed E-state index contributed by atoms with van der Waals surface area (Å²) in [6.07, 6.45) is 0.666. The summed E-state index contributed by atoms with van der Waals surface area (Å²) in [5, 5.41) is 3.72. The van der Waals surface area contributed by atoms with E-state index in [0.29, 0.717) is 11.3 Å². The molecule has 0 amide bonds. The lowest BCUT2D eigenvalue weighted by Crippen LogP contribution is -2.43. The van der Waals surface area contributed by atoms with Gasteiger partial charge in [0.2, 0.25) is 10.0 Å². The van der Waals surface area contributed by atoms with Crippen molar-refractivity contribution in [3.63, 3.8) is 0 Å². The second-order valence-electron chi connectivity index (χ2n) is 8.17. The zero-order valence-corrected chi connectivity index (χ0v) is 18.4. The van der Waals surface area contributed by atoms with E-state index in [4.69, 9.17) is 0 Å². The molecule has 0 spiro atoms. The minimum absolute atomic E-state index is 0.0878. The first kappa shape index (κ1) is 20.8. The maximum absolute atomic E-state index is 13.0. The highest BCUT2D eigenvalue weighted by Crippen LogP contribution is 2.34. The predicted octanol–water partition coefficient (Wildman–Crippen LogP) is 4.60. The summed E-state index contributed by atoms with van der Waals surface area (Å²) in [6.45, 7) is 6.36. The fraction of sp³-hybridized carbons (Fsp3) is 0.280. The molecule has 1 aliphatic carbocycles. The number of aryl methyl sites for hydroxylation is 2. The topological polar surface area (TPSA) is 58.2 Å². The van der Waals surface area contributed by atoms with Crippen molar-refractivity contribution >= 4 is 10.0 Å². The lowest BCUT2D eigenvalue weighted by atomic mass is 9.98. The van der Waals surface area contributed by atoms with Gasteiger partial charge in [0.1, 0.15) is 0 Å². The molecule has 2 N–H and O–H groups in total. The van der Waals surface area contributed by atoms with E-state index >= 15 is 0 Å². The first-order chi connectivity index (χ1) is 14.3. The summed E-state index contributed by atoms with van der Waals surface area (Å²) in [4.78, 5) is 0.294. The fourth-order valence-electron chi connectivity index (χ4n) is 4.36. The SMILES string of the molecule is Cc1ccc(C)c([C@H](C)N[C@H]2c3ccccc3C[C@H]2NS(=O)(=O)c2ccccc2)c1. The van der Waals surface area contributed by atoms with Crippen LogP contribution in [0.1, 0.15) is 46.8 Å². The molecule has 0 aromatic heterocycles. The molecule has 5 heteroatoms. The first-order valence-electron chi connectivity index (χ1n) is 10.3. The largest absolute Gasteiger partial charge is 0.302 e. The van der Waals surface area contributed by atoms with E-state index in [2.05, 4.69) is 61.1 Å². The van der Waals surface area contributed by atoms with Gasteiger partial charge in [0, 0.05) is 18.1 Å². The van der Waals surface area contributed by atoms with Crippen LogP contribution in [0, 0.1) is 13.8 Å². The molecule has 4 nitrogen and oxygen atoms in total. The van der Waals surface area contributed by atoms with Crippen LogP contribution in [0.2, 0.25) is 0 Å². The van der Waals surface area contributed by atoms with E-state index in [-0.39, 0.29) is 18.1 Å². The molecule has 1 aliphatic rings. The van der Waals surface area contributed by atoms with E-state index in [9.17, 15) is 8.42 Å². The maximum atomic E-state index is 13.0. The van der Waals surface area contributed by atoms with Crippen LogP contribution in [0.3, 0.4) is 0 Å². The number of rotatable bonds is 6. The van der Waals surface area contributed by atoms with Crippen molar-refractivity contribution in [2.45, 2.75) is 50.2 Å². The van der Waals surface area contributed by atoms with Crippen LogP contribution in [0.5, 0.6) is 0 Å². The van der Waals surface area contributed by atoms with Crippen LogP contribution in [0.25, 0.3) is 0 Å². The Hall–Kier alpha value is -2.47. The summed E-state index contributed by atoms with van der Waals surface area (Å²) < 4.78 is 29.0. The Morgan fingerprint density at radius 3 is 2.40 bits per heavy atom. The van der Waals surface area contributed by atoms with Gasteiger partial charge in [-0.3, -0.25) is 0 Å². The third kappa shape index (κ3) is 4.19. The highest BCUT2D eigenvalue weighted by molar-refractivity contribution is 7.89. The molecule has 30 heavy (non-hydrogen) atoms. The molecule has 3 aromatic rings. The normalized spacial score (nSPS) is 19.4. The molecule has 0 saturated heterocycles. The van der Waals surface area contributed by atoms with E-state index < -0.39 is 10.0 Å². The first-order valence-corrected chi connectivity index (χ1v) is 11.8. The van der Waals surface area contributed by atoms with Gasteiger partial charge in [-0.05, 0) is 61.6 Å². The van der Waals surface area contributed by atoms with Crippen LogP contribution in [0.15, 0.2) is 77.7 Å². The van der Waals surface area contributed by atoms with Crippen molar-refractivity contribution in [1.29, 1.82) is 0 Å². The molecule has 4 rings (SSSR count). The van der Waals surface area contributed by atoms with Gasteiger partial charge in [0.05, 0.1) is 4.90 Å². The van der Waals surface area contributed by atoms with Gasteiger partial charge in [-0.15, -0.1) is 0 Å². The molecule has 0 radical (unpaired) electrons. The molecule has 0 saturated carbocycles. The molecule has 0 bridgehead atoms. The van der Waals surface area contributed by atoms with Crippen molar-refractivity contribution in [3.8, 4) is 0 Å². The number of benzene rings is 3. The van der Waals surface area contributed by atoms with E-state index in [1.165, 1.54) is 22.3 Å². The zero-order valence-electron chi connectivity index (χ0n) is 17.6. The Kier molecular flexibility index (Phi) is 5.78. The summed E-state index contributed by atoms with van der Waals surface area (Å²) in [6, 6.07) is 23.0. The smallest absolute Gasteiger partial charge is 0.240 e. The quantitative estimate of drug-likeness (QED) is 0.613. The monoisotopic (exact) mass is 420 g/mol. The van der Waals surface area contributed by atoms with Crippen LogP contribution < -0.4 is 10.0 Å². The van der Waals surface area contributed by atoms with Gasteiger partial charge < -0.3 is 5.32 Å². The van der Waals surface area contributed by atoms with E-state index in [0.717, 1.165) is 5.56 Å². The molecule has 0 aliphatic heterocycles. The van der Waals surface area contributed by atoms with Crippen molar-refractivity contribution in [1.82, 2.24) is 10.0 Å². The number of nitrogens with one attached hydrogen (secondary N) is 2. The second kappa shape index (κ2) is 8.34. The van der Waals surface area contributed by atoms with Crippen molar-refractivity contribution in [2.24, 2.45) is 0 Å². The number of sulfonamides is 1. The van der Waals surface area contributed by atoms with Crippen molar-refractivity contribution in [3.05, 3.63) is 101 Å². The average molecular weight is 421 g/mol. The van der Waals surface area contributed by atoms with Gasteiger partial charge in [0.15, 0.2) is 0 Å². The summed E-state index contributed by atoms with van der Waals surface area (Å²) >= 11 is 0. The Morgan fingerprint density at radius 1 is 0.933 bits per heavy atom. The molecule has 156 valence electrons. The van der Waals surface area contributed by atoms with Gasteiger partial charge in [-0.2, -0.15) is 0 Å². The highest BCUT2D eigenvalue weighted by atomic mass is 32.2. The van der Waals surface area contributed by atoms with Crippen LogP contribution in [-0.2, 0) is 16.4 Å². The Morgan fingerprint density at radius 2 is 1.63 bits per heavy atom. The third-order valence-corrected chi connectivity index (χ3v) is 7.43. The van der Waals surface area contributed by atoms with Crippen LogP contribution in [0.4, 0.5) is 0 Å². The zero-order chi connectivity index (χ0) is 21.3. The van der Waals surface area contributed by atoms with Gasteiger partial charge >= 0.3 is 0 Å². The van der Waals surface area contributed by atoms with Crippen LogP contribution >= 0.6 is 0 Å². The number of hydrogen-bond acceptors (Lipinski definition) is 3. The number of fused-ring (bicyclic) bond motifs is 1. The second-order valence-corrected chi connectivity index (χ2v) is 9.88. The standard InChI is InChI=1S/C25H28N2O2S/c1-17-13-14-18(2)23(15-17)19(3)26-25-22-12-8-7-9-20(22)16-24(25)27-30(28,29)21-10-5-4-6-11-21/h4-15,19,24-27H,16H2,1-3H3/t19-,24+,25-/m0/s1. The summed E-state index contributed by atoms with van der Waals surface area (Å²) in [5.74, 6) is 0. The molecule has 3 atom stereocenters. The predicted molar refractivity (Wildman–Crippen MR) is 121 cm³/mol. The Labute approximate surface area is 179 Å². The molecule has 3 aromatic carbocycles. The van der Waals surface area contributed by atoms with Gasteiger partial charge in [-0.1, -0.05) is 66.2 Å². The highest BCUT2D eigenvalue weighted by Gasteiger charge is 2.36. The number of hydrogen-bond donors (Lipinski definition) is 2. The lowest BCUT2D eigenvalue weighted by molar-refractivity contribution is 0.401. The van der Waals surface area contributed by atoms with Crippen LogP contribution in [-0.4, -0.2) is 14.5 Å². The Bertz CT molecular complexity index is 1140. The molecular weight excluding hydrogens is 392 g/mol. The van der Waals surface area contributed by atoms with Gasteiger partial charge in [-0.25, -0.2) is 13.1 Å². The fourth-order valence-corrected chi connectivity index (χ4v) is 5.63. The summed E-state index contributed by atoms with van der Waals surface area (Å²) in [7, 11) is -3.60. The lowest BCUT2D eigenvalue weighted by Gasteiger charge is -2.28. The molecule has 0 unspecified atom stereocenters. The summed E-state index contributed by atoms with van der Waals surface area (Å²) in [5.41, 5.74) is 6.04. The minimum atomic E-state index is -3.60. The van der Waals surface area contributed by atoms with E-state index in [1.807, 2.05) is 18.2 Å². The maximum Gasteiger partial charge on any atom is 0.240 e. The van der Waals surface area contributed by atoms with Gasteiger partial charge in [0.25, 0.3) is 0 Å². The Balaban J connectivity index is 1.63. The molecule has 0 fully saturated rings. The van der Waals surface area contributed by atoms with Crippen molar-refractivity contribution < 1.29 is 8.42 Å². The average Bonchev–Trinajstić information content (AvgIpc) is 3.06. The van der Waals surface area contributed by atoms with E-state index in [1.54, 1.807) is 24.3 Å².